The van der Waals surface area contributed by atoms with Crippen molar-refractivity contribution in [3.05, 3.63) is 47.8 Å². The first kappa shape index (κ1) is 20.6. The van der Waals surface area contributed by atoms with Crippen molar-refractivity contribution in [3.63, 3.8) is 0 Å². The fourth-order valence-corrected chi connectivity index (χ4v) is 3.82. The van der Waals surface area contributed by atoms with Crippen molar-refractivity contribution in [2.75, 3.05) is 32.1 Å². The summed E-state index contributed by atoms with van der Waals surface area (Å²) in [5, 5.41) is 18.5. The summed E-state index contributed by atoms with van der Waals surface area (Å²) in [6.45, 7) is 3.27. The molecule has 0 fully saturated rings. The van der Waals surface area contributed by atoms with Crippen LogP contribution < -0.4 is 0 Å². The lowest BCUT2D eigenvalue weighted by Gasteiger charge is -2.21. The normalized spacial score (nSPS) is 12.0. The molecule has 0 amide bonds. The van der Waals surface area contributed by atoms with E-state index in [-0.39, 0.29) is 24.1 Å². The van der Waals surface area contributed by atoms with Crippen LogP contribution in [-0.2, 0) is 29.3 Å². The maximum Gasteiger partial charge on any atom is 0.227 e. The highest BCUT2D eigenvalue weighted by atomic mass is 32.2. The van der Waals surface area contributed by atoms with Crippen LogP contribution in [0.5, 0.6) is 0 Å². The van der Waals surface area contributed by atoms with Gasteiger partial charge in [-0.1, -0.05) is 37.3 Å². The van der Waals surface area contributed by atoms with Gasteiger partial charge in [0, 0.05) is 26.2 Å². The van der Waals surface area contributed by atoms with Crippen molar-refractivity contribution in [1.29, 1.82) is 0 Å². The number of aliphatic hydroxyl groups is 2. The van der Waals surface area contributed by atoms with Crippen LogP contribution in [0.25, 0.3) is 0 Å². The first-order valence-electron chi connectivity index (χ1n) is 8.77. The van der Waals surface area contributed by atoms with Crippen LogP contribution in [-0.4, -0.2) is 65.1 Å². The zero-order valence-electron chi connectivity index (χ0n) is 15.1. The molecular formula is C18H27N3O4S. The minimum Gasteiger partial charge on any atom is -0.395 e. The zero-order chi connectivity index (χ0) is 19.0. The summed E-state index contributed by atoms with van der Waals surface area (Å²) in [7, 11) is -3.44. The quantitative estimate of drug-likeness (QED) is 0.595. The highest BCUT2D eigenvalue weighted by Gasteiger charge is 2.22. The van der Waals surface area contributed by atoms with Crippen LogP contribution >= 0.6 is 0 Å². The van der Waals surface area contributed by atoms with E-state index in [9.17, 15) is 18.6 Å². The summed E-state index contributed by atoms with van der Waals surface area (Å²) in [4.78, 5) is 6.04. The SMILES string of the molecule is CCS(=O)(=O)c1ncc(CN(CCO)CCO)n1CCc1ccccc1. The van der Waals surface area contributed by atoms with Gasteiger partial charge in [0.1, 0.15) is 0 Å². The summed E-state index contributed by atoms with van der Waals surface area (Å²) in [6, 6.07) is 9.87. The Kier molecular flexibility index (Phi) is 7.77. The second-order valence-corrected chi connectivity index (χ2v) is 8.22. The van der Waals surface area contributed by atoms with E-state index in [1.54, 1.807) is 17.7 Å². The zero-order valence-corrected chi connectivity index (χ0v) is 15.9. The van der Waals surface area contributed by atoms with Crippen LogP contribution in [0.2, 0.25) is 0 Å². The molecule has 2 N–H and O–H groups in total. The molecule has 7 nitrogen and oxygen atoms in total. The number of aromatic nitrogens is 2. The number of sulfone groups is 1. The summed E-state index contributed by atoms with van der Waals surface area (Å²) in [6.07, 6.45) is 2.27. The molecule has 26 heavy (non-hydrogen) atoms. The van der Waals surface area contributed by atoms with Crippen molar-refractivity contribution in [2.45, 2.75) is 31.6 Å². The standard InChI is InChI=1S/C18H27N3O4S/c1-2-26(24,25)18-19-14-17(15-20(10-12-22)11-13-23)21(18)9-8-16-6-4-3-5-7-16/h3-7,14,22-23H,2,8-13,15H2,1H3. The summed E-state index contributed by atoms with van der Waals surface area (Å²) >= 11 is 0. The van der Waals surface area contributed by atoms with Gasteiger partial charge < -0.3 is 14.8 Å². The Morgan fingerprint density at radius 3 is 2.35 bits per heavy atom. The Morgan fingerprint density at radius 2 is 1.77 bits per heavy atom. The third kappa shape index (κ3) is 5.38. The highest BCUT2D eigenvalue weighted by molar-refractivity contribution is 7.91. The second-order valence-electron chi connectivity index (χ2n) is 6.05. The van der Waals surface area contributed by atoms with Crippen molar-refractivity contribution in [1.82, 2.24) is 14.5 Å². The smallest absolute Gasteiger partial charge is 0.227 e. The highest BCUT2D eigenvalue weighted by Crippen LogP contribution is 2.16. The molecule has 0 unspecified atom stereocenters. The molecule has 0 aliphatic heterocycles. The molecule has 1 aromatic heterocycles. The molecule has 0 saturated carbocycles. The molecule has 0 spiro atoms. The number of aliphatic hydroxyl groups excluding tert-OH is 2. The van der Waals surface area contributed by atoms with Crippen LogP contribution in [0.3, 0.4) is 0 Å². The molecule has 0 saturated heterocycles. The minimum atomic E-state index is -3.44. The Bertz CT molecular complexity index is 769. The summed E-state index contributed by atoms with van der Waals surface area (Å²) in [5.41, 5.74) is 1.88. The number of aryl methyl sites for hydroxylation is 1. The van der Waals surface area contributed by atoms with Gasteiger partial charge in [-0.25, -0.2) is 13.4 Å². The number of imidazole rings is 1. The maximum atomic E-state index is 12.4. The number of nitrogens with zero attached hydrogens (tertiary/aromatic N) is 3. The van der Waals surface area contributed by atoms with Gasteiger partial charge in [0.05, 0.1) is 30.9 Å². The lowest BCUT2D eigenvalue weighted by Crippen LogP contribution is -2.30. The van der Waals surface area contributed by atoms with E-state index in [1.165, 1.54) is 0 Å². The van der Waals surface area contributed by atoms with Gasteiger partial charge in [-0.2, -0.15) is 0 Å². The molecule has 2 aromatic rings. The summed E-state index contributed by atoms with van der Waals surface area (Å²) < 4.78 is 26.6. The molecular weight excluding hydrogens is 354 g/mol. The Morgan fingerprint density at radius 1 is 1.12 bits per heavy atom. The van der Waals surface area contributed by atoms with Crippen LogP contribution in [0, 0.1) is 0 Å². The largest absolute Gasteiger partial charge is 0.395 e. The molecule has 1 heterocycles. The van der Waals surface area contributed by atoms with Crippen molar-refractivity contribution in [2.24, 2.45) is 0 Å². The first-order valence-corrected chi connectivity index (χ1v) is 10.4. The topological polar surface area (TPSA) is 95.7 Å². The van der Waals surface area contributed by atoms with E-state index in [0.29, 0.717) is 32.6 Å². The van der Waals surface area contributed by atoms with Gasteiger partial charge in [-0.05, 0) is 12.0 Å². The lowest BCUT2D eigenvalue weighted by molar-refractivity contribution is 0.153. The molecule has 1 aromatic carbocycles. The maximum absolute atomic E-state index is 12.4. The molecule has 0 aliphatic carbocycles. The van der Waals surface area contributed by atoms with Gasteiger partial charge in [-0.15, -0.1) is 0 Å². The molecule has 0 bridgehead atoms. The second kappa shape index (κ2) is 9.82. The van der Waals surface area contributed by atoms with Crippen molar-refractivity contribution < 1.29 is 18.6 Å². The van der Waals surface area contributed by atoms with Gasteiger partial charge in [0.2, 0.25) is 15.0 Å². The van der Waals surface area contributed by atoms with Crippen LogP contribution in [0.1, 0.15) is 18.2 Å². The van der Waals surface area contributed by atoms with E-state index in [2.05, 4.69) is 4.98 Å². The third-order valence-corrected chi connectivity index (χ3v) is 5.89. The molecule has 8 heteroatoms. The minimum absolute atomic E-state index is 0.00815. The fraction of sp³-hybridized carbons (Fsp3) is 0.500. The third-order valence-electron chi connectivity index (χ3n) is 4.24. The average Bonchev–Trinajstić information content (AvgIpc) is 3.04. The van der Waals surface area contributed by atoms with Gasteiger partial charge in [0.15, 0.2) is 0 Å². The number of rotatable bonds is 11. The number of hydrogen-bond donors (Lipinski definition) is 2. The van der Waals surface area contributed by atoms with Crippen LogP contribution in [0.15, 0.2) is 41.7 Å². The van der Waals surface area contributed by atoms with Crippen molar-refractivity contribution >= 4 is 9.84 Å². The van der Waals surface area contributed by atoms with Crippen LogP contribution in [0.4, 0.5) is 0 Å². The number of hydrogen-bond acceptors (Lipinski definition) is 6. The molecule has 0 aliphatic rings. The molecule has 0 radical (unpaired) electrons. The summed E-state index contributed by atoms with van der Waals surface area (Å²) in [5.74, 6) is -0.00815. The average molecular weight is 381 g/mol. The van der Waals surface area contributed by atoms with E-state index in [0.717, 1.165) is 11.3 Å². The van der Waals surface area contributed by atoms with E-state index in [1.807, 2.05) is 35.2 Å². The van der Waals surface area contributed by atoms with Crippen molar-refractivity contribution in [3.8, 4) is 0 Å². The predicted molar refractivity (Wildman–Crippen MR) is 99.5 cm³/mol. The van der Waals surface area contributed by atoms with Gasteiger partial charge in [-0.3, -0.25) is 4.90 Å². The molecule has 144 valence electrons. The van der Waals surface area contributed by atoms with E-state index < -0.39 is 9.84 Å². The van der Waals surface area contributed by atoms with Gasteiger partial charge in [0.25, 0.3) is 0 Å². The fourth-order valence-electron chi connectivity index (χ4n) is 2.80. The Balaban J connectivity index is 2.29. The molecule has 0 atom stereocenters. The molecule has 2 rings (SSSR count). The predicted octanol–water partition coefficient (Wildman–Crippen LogP) is 0.706. The monoisotopic (exact) mass is 381 g/mol. The Labute approximate surface area is 154 Å². The Hall–Kier alpha value is -1.74. The van der Waals surface area contributed by atoms with E-state index >= 15 is 0 Å². The lowest BCUT2D eigenvalue weighted by atomic mass is 10.1. The van der Waals surface area contributed by atoms with E-state index in [4.69, 9.17) is 0 Å². The number of benzene rings is 1. The van der Waals surface area contributed by atoms with Gasteiger partial charge >= 0.3 is 0 Å². The first-order chi connectivity index (χ1) is 12.5.